The molecule has 0 N–H and O–H groups in total. The van der Waals surface area contributed by atoms with Crippen LogP contribution < -0.4 is 4.74 Å². The van der Waals surface area contributed by atoms with Crippen molar-refractivity contribution in [2.24, 2.45) is 0 Å². The molecule has 1 aromatic rings. The topological polar surface area (TPSA) is 83.3 Å². The maximum atomic E-state index is 11.4. The van der Waals surface area contributed by atoms with E-state index in [2.05, 4.69) is 4.98 Å². The molecule has 0 radical (unpaired) electrons. The van der Waals surface area contributed by atoms with E-state index in [0.29, 0.717) is 37.4 Å². The van der Waals surface area contributed by atoms with Gasteiger partial charge in [-0.3, -0.25) is 0 Å². The fourth-order valence-corrected chi connectivity index (χ4v) is 2.89. The van der Waals surface area contributed by atoms with Crippen LogP contribution in [0.15, 0.2) is 18.3 Å². The van der Waals surface area contributed by atoms with Gasteiger partial charge in [-0.2, -0.15) is 5.26 Å². The van der Waals surface area contributed by atoms with Crippen molar-refractivity contribution in [2.75, 3.05) is 19.3 Å². The van der Waals surface area contributed by atoms with E-state index in [1.807, 2.05) is 6.07 Å². The minimum absolute atomic E-state index is 0.0213. The third-order valence-corrected chi connectivity index (χ3v) is 4.32. The molecule has 0 amide bonds. The van der Waals surface area contributed by atoms with E-state index in [0.717, 1.165) is 0 Å². The maximum Gasteiger partial charge on any atom is 0.211 e. The van der Waals surface area contributed by atoms with Gasteiger partial charge in [-0.1, -0.05) is 0 Å². The molecule has 19 heavy (non-hydrogen) atoms. The molecule has 0 unspecified atom stereocenters. The second-order valence-electron chi connectivity index (χ2n) is 4.47. The molecule has 1 saturated heterocycles. The highest BCUT2D eigenvalue weighted by atomic mass is 32.2. The Hall–Kier alpha value is -1.65. The third kappa shape index (κ3) is 3.66. The van der Waals surface area contributed by atoms with Crippen LogP contribution in [0.4, 0.5) is 0 Å². The Kier molecular flexibility index (Phi) is 4.02. The Morgan fingerprint density at radius 3 is 2.74 bits per heavy atom. The molecule has 1 aliphatic rings. The zero-order chi connectivity index (χ0) is 13.9. The van der Waals surface area contributed by atoms with Crippen LogP contribution in [-0.2, 0) is 10.0 Å². The van der Waals surface area contributed by atoms with E-state index in [1.165, 1.54) is 16.8 Å². The second-order valence-corrected chi connectivity index (χ2v) is 6.45. The van der Waals surface area contributed by atoms with Crippen molar-refractivity contribution >= 4 is 10.0 Å². The molecule has 0 saturated carbocycles. The molecule has 6 nitrogen and oxygen atoms in total. The Balaban J connectivity index is 1.94. The molecule has 0 bridgehead atoms. The largest absolute Gasteiger partial charge is 0.490 e. The molecule has 1 aliphatic heterocycles. The number of ether oxygens (including phenoxy) is 1. The highest BCUT2D eigenvalue weighted by molar-refractivity contribution is 7.88. The van der Waals surface area contributed by atoms with E-state index < -0.39 is 10.0 Å². The lowest BCUT2D eigenvalue weighted by molar-refractivity contribution is 0.135. The first-order valence-electron chi connectivity index (χ1n) is 5.97. The zero-order valence-electron chi connectivity index (χ0n) is 10.6. The molecule has 2 rings (SSSR count). The van der Waals surface area contributed by atoms with Crippen molar-refractivity contribution in [2.45, 2.75) is 18.9 Å². The fraction of sp³-hybridized carbons (Fsp3) is 0.500. The fourth-order valence-electron chi connectivity index (χ4n) is 2.02. The summed E-state index contributed by atoms with van der Waals surface area (Å²) in [5, 5.41) is 8.75. The van der Waals surface area contributed by atoms with Crippen LogP contribution in [-0.4, -0.2) is 43.2 Å². The summed E-state index contributed by atoms with van der Waals surface area (Å²) in [6, 6.07) is 5.24. The number of aromatic nitrogens is 1. The summed E-state index contributed by atoms with van der Waals surface area (Å²) in [6.45, 7) is 0.944. The quantitative estimate of drug-likeness (QED) is 0.816. The summed E-state index contributed by atoms with van der Waals surface area (Å²) >= 11 is 0. The second kappa shape index (κ2) is 5.55. The highest BCUT2D eigenvalue weighted by Gasteiger charge is 2.25. The average molecular weight is 281 g/mol. The van der Waals surface area contributed by atoms with Gasteiger partial charge in [0.2, 0.25) is 10.0 Å². The molecule has 0 aliphatic carbocycles. The van der Waals surface area contributed by atoms with E-state index >= 15 is 0 Å². The van der Waals surface area contributed by atoms with Crippen LogP contribution >= 0.6 is 0 Å². The summed E-state index contributed by atoms with van der Waals surface area (Å²) < 4.78 is 30.0. The SMILES string of the molecule is CS(=O)(=O)N1CCC(Oc2ccnc(C#N)c2)CC1. The Bertz CT molecular complexity index is 586. The lowest BCUT2D eigenvalue weighted by Crippen LogP contribution is -2.41. The van der Waals surface area contributed by atoms with E-state index in [-0.39, 0.29) is 6.10 Å². The van der Waals surface area contributed by atoms with Gasteiger partial charge in [0.1, 0.15) is 23.6 Å². The molecule has 2 heterocycles. The van der Waals surface area contributed by atoms with Crippen molar-refractivity contribution in [1.82, 2.24) is 9.29 Å². The number of rotatable bonds is 3. The van der Waals surface area contributed by atoms with Crippen LogP contribution in [0.2, 0.25) is 0 Å². The van der Waals surface area contributed by atoms with Gasteiger partial charge >= 0.3 is 0 Å². The number of piperidine rings is 1. The maximum absolute atomic E-state index is 11.4. The minimum atomic E-state index is -3.11. The van der Waals surface area contributed by atoms with Crippen LogP contribution in [0.25, 0.3) is 0 Å². The molecule has 0 aromatic carbocycles. The van der Waals surface area contributed by atoms with Gasteiger partial charge in [0.15, 0.2) is 0 Å². The van der Waals surface area contributed by atoms with Crippen molar-refractivity contribution in [3.05, 3.63) is 24.0 Å². The first-order valence-corrected chi connectivity index (χ1v) is 7.82. The van der Waals surface area contributed by atoms with Crippen molar-refractivity contribution in [3.63, 3.8) is 0 Å². The number of sulfonamides is 1. The summed E-state index contributed by atoms with van der Waals surface area (Å²) in [7, 11) is -3.11. The van der Waals surface area contributed by atoms with Crippen molar-refractivity contribution < 1.29 is 13.2 Å². The lowest BCUT2D eigenvalue weighted by Gasteiger charge is -2.30. The van der Waals surface area contributed by atoms with Crippen LogP contribution in [0.5, 0.6) is 5.75 Å². The highest BCUT2D eigenvalue weighted by Crippen LogP contribution is 2.20. The van der Waals surface area contributed by atoms with Gasteiger partial charge < -0.3 is 4.74 Å². The summed E-state index contributed by atoms with van der Waals surface area (Å²) in [5.41, 5.74) is 0.311. The van der Waals surface area contributed by atoms with Gasteiger partial charge in [-0.25, -0.2) is 17.7 Å². The number of nitrogens with zero attached hydrogens (tertiary/aromatic N) is 3. The number of nitriles is 1. The molecule has 102 valence electrons. The monoisotopic (exact) mass is 281 g/mol. The first-order chi connectivity index (χ1) is 8.99. The van der Waals surface area contributed by atoms with Gasteiger partial charge in [-0.15, -0.1) is 0 Å². The number of hydrogen-bond donors (Lipinski definition) is 0. The Morgan fingerprint density at radius 2 is 2.16 bits per heavy atom. The minimum Gasteiger partial charge on any atom is -0.490 e. The Morgan fingerprint density at radius 1 is 1.47 bits per heavy atom. The summed E-state index contributed by atoms with van der Waals surface area (Å²) in [5.74, 6) is 0.601. The first kappa shape index (κ1) is 13.8. The van der Waals surface area contributed by atoms with Crippen LogP contribution in [0, 0.1) is 11.3 Å². The van der Waals surface area contributed by atoms with Gasteiger partial charge in [0, 0.05) is 25.4 Å². The van der Waals surface area contributed by atoms with Crippen molar-refractivity contribution in [3.8, 4) is 11.8 Å². The van der Waals surface area contributed by atoms with E-state index in [4.69, 9.17) is 10.00 Å². The molecular weight excluding hydrogens is 266 g/mol. The molecule has 1 fully saturated rings. The predicted octanol–water partition coefficient (Wildman–Crippen LogP) is 0.756. The van der Waals surface area contributed by atoms with E-state index in [1.54, 1.807) is 12.1 Å². The molecular formula is C12H15N3O3S. The van der Waals surface area contributed by atoms with Crippen LogP contribution in [0.3, 0.4) is 0 Å². The summed E-state index contributed by atoms with van der Waals surface area (Å²) in [4.78, 5) is 3.87. The van der Waals surface area contributed by atoms with Gasteiger partial charge in [0.25, 0.3) is 0 Å². The van der Waals surface area contributed by atoms with Gasteiger partial charge in [0.05, 0.1) is 6.26 Å². The number of hydrogen-bond acceptors (Lipinski definition) is 5. The lowest BCUT2D eigenvalue weighted by atomic mass is 10.1. The number of pyridine rings is 1. The Labute approximate surface area is 112 Å². The van der Waals surface area contributed by atoms with Crippen LogP contribution in [0.1, 0.15) is 18.5 Å². The van der Waals surface area contributed by atoms with Gasteiger partial charge in [-0.05, 0) is 18.9 Å². The summed E-state index contributed by atoms with van der Waals surface area (Å²) in [6.07, 6.45) is 4.02. The molecule has 0 spiro atoms. The normalized spacial score (nSPS) is 17.9. The van der Waals surface area contributed by atoms with Crippen molar-refractivity contribution in [1.29, 1.82) is 5.26 Å². The smallest absolute Gasteiger partial charge is 0.211 e. The molecule has 7 heteroatoms. The van der Waals surface area contributed by atoms with E-state index in [9.17, 15) is 8.42 Å². The average Bonchev–Trinajstić information content (AvgIpc) is 2.38. The zero-order valence-corrected chi connectivity index (χ0v) is 11.4. The molecule has 1 aromatic heterocycles. The third-order valence-electron chi connectivity index (χ3n) is 3.02. The standard InChI is InChI=1S/C12H15N3O3S/c1-19(16,17)15-6-3-11(4-7-15)18-12-2-5-14-10(8-12)9-13/h2,5,8,11H,3-4,6-7H2,1H3. The molecule has 0 atom stereocenters. The predicted molar refractivity (Wildman–Crippen MR) is 69.0 cm³/mol.